The normalized spacial score (nSPS) is 10.4. The molecular formula is C14H13ClFNO. The number of benzene rings is 2. The number of hydrogen-bond donors (Lipinski definition) is 1. The van der Waals surface area contributed by atoms with Gasteiger partial charge in [-0.05, 0) is 29.3 Å². The molecule has 2 nitrogen and oxygen atoms in total. The van der Waals surface area contributed by atoms with Crippen LogP contribution in [0.15, 0.2) is 36.4 Å². The number of hydrogen-bond acceptors (Lipinski definition) is 2. The highest BCUT2D eigenvalue weighted by Gasteiger charge is 2.08. The van der Waals surface area contributed by atoms with Gasteiger partial charge < -0.3 is 10.5 Å². The van der Waals surface area contributed by atoms with Crippen LogP contribution in [0.4, 0.5) is 4.39 Å². The molecule has 0 aliphatic carbocycles. The molecule has 0 atom stereocenters. The average molecular weight is 266 g/mol. The van der Waals surface area contributed by atoms with Gasteiger partial charge in [-0.2, -0.15) is 0 Å². The fraction of sp³-hybridized carbons (Fsp3) is 0.143. The van der Waals surface area contributed by atoms with Crippen molar-refractivity contribution in [2.75, 3.05) is 7.11 Å². The molecule has 4 heteroatoms. The van der Waals surface area contributed by atoms with Crippen LogP contribution in [0.5, 0.6) is 5.75 Å². The topological polar surface area (TPSA) is 35.2 Å². The van der Waals surface area contributed by atoms with Crippen LogP contribution in [0.25, 0.3) is 11.1 Å². The SMILES string of the molecule is COc1cc(-c2ccc(CN)cc2F)ccc1Cl. The van der Waals surface area contributed by atoms with Gasteiger partial charge in [0.25, 0.3) is 0 Å². The third-order valence-corrected chi connectivity index (χ3v) is 3.04. The summed E-state index contributed by atoms with van der Waals surface area (Å²) < 4.78 is 19.0. The third kappa shape index (κ3) is 2.47. The van der Waals surface area contributed by atoms with E-state index in [0.717, 1.165) is 11.1 Å². The van der Waals surface area contributed by atoms with Crippen molar-refractivity contribution in [3.63, 3.8) is 0 Å². The van der Waals surface area contributed by atoms with E-state index in [-0.39, 0.29) is 5.82 Å². The van der Waals surface area contributed by atoms with E-state index < -0.39 is 0 Å². The molecule has 2 aromatic carbocycles. The molecule has 0 aliphatic heterocycles. The molecule has 2 N–H and O–H groups in total. The van der Waals surface area contributed by atoms with E-state index in [1.807, 2.05) is 0 Å². The molecule has 0 aromatic heterocycles. The Labute approximate surface area is 110 Å². The standard InChI is InChI=1S/C14H13ClFNO/c1-18-14-7-10(3-5-12(14)15)11-4-2-9(8-17)6-13(11)16/h2-7H,8,17H2,1H3. The van der Waals surface area contributed by atoms with Gasteiger partial charge in [0.15, 0.2) is 0 Å². The van der Waals surface area contributed by atoms with Gasteiger partial charge in [0.2, 0.25) is 0 Å². The maximum Gasteiger partial charge on any atom is 0.138 e. The van der Waals surface area contributed by atoms with Crippen LogP contribution in [0.2, 0.25) is 5.02 Å². The Kier molecular flexibility index (Phi) is 3.84. The van der Waals surface area contributed by atoms with Crippen LogP contribution < -0.4 is 10.5 Å². The lowest BCUT2D eigenvalue weighted by Gasteiger charge is -2.08. The van der Waals surface area contributed by atoms with Crippen LogP contribution in [-0.2, 0) is 6.54 Å². The van der Waals surface area contributed by atoms with Crippen molar-refractivity contribution in [1.29, 1.82) is 0 Å². The highest BCUT2D eigenvalue weighted by Crippen LogP contribution is 2.31. The number of halogens is 2. The van der Waals surface area contributed by atoms with Crippen LogP contribution in [0, 0.1) is 5.82 Å². The third-order valence-electron chi connectivity index (χ3n) is 2.73. The summed E-state index contributed by atoms with van der Waals surface area (Å²) in [5.41, 5.74) is 7.45. The summed E-state index contributed by atoms with van der Waals surface area (Å²) in [6, 6.07) is 10.1. The minimum absolute atomic E-state index is 0.303. The highest BCUT2D eigenvalue weighted by atomic mass is 35.5. The van der Waals surface area contributed by atoms with Crippen LogP contribution in [0.3, 0.4) is 0 Å². The summed E-state index contributed by atoms with van der Waals surface area (Å²) >= 11 is 5.94. The van der Waals surface area contributed by atoms with Gasteiger partial charge in [-0.15, -0.1) is 0 Å². The Balaban J connectivity index is 2.48. The zero-order valence-electron chi connectivity index (χ0n) is 9.91. The predicted octanol–water partition coefficient (Wildman–Crippen LogP) is 3.61. The first-order valence-corrected chi connectivity index (χ1v) is 5.86. The molecule has 0 heterocycles. The molecule has 0 fully saturated rings. The first-order chi connectivity index (χ1) is 8.65. The van der Waals surface area contributed by atoms with Gasteiger partial charge in [-0.3, -0.25) is 0 Å². The van der Waals surface area contributed by atoms with E-state index in [2.05, 4.69) is 0 Å². The maximum absolute atomic E-state index is 13.9. The molecule has 0 bridgehead atoms. The van der Waals surface area contributed by atoms with E-state index in [1.54, 1.807) is 30.3 Å². The molecule has 0 saturated carbocycles. The van der Waals surface area contributed by atoms with Crippen molar-refractivity contribution in [2.24, 2.45) is 5.73 Å². The minimum atomic E-state index is -0.303. The summed E-state index contributed by atoms with van der Waals surface area (Å²) in [6.45, 7) is 0.321. The van der Waals surface area contributed by atoms with Crippen molar-refractivity contribution in [2.45, 2.75) is 6.54 Å². The van der Waals surface area contributed by atoms with Crippen molar-refractivity contribution < 1.29 is 9.13 Å². The first-order valence-electron chi connectivity index (χ1n) is 5.48. The number of methoxy groups -OCH3 is 1. The van der Waals surface area contributed by atoms with Crippen LogP contribution in [-0.4, -0.2) is 7.11 Å². The molecule has 2 aromatic rings. The van der Waals surface area contributed by atoms with Gasteiger partial charge in [0, 0.05) is 12.1 Å². The summed E-state index contributed by atoms with van der Waals surface area (Å²) in [6.07, 6.45) is 0. The van der Waals surface area contributed by atoms with Gasteiger partial charge in [-0.25, -0.2) is 4.39 Å². The summed E-state index contributed by atoms with van der Waals surface area (Å²) in [5.74, 6) is 0.221. The molecule has 94 valence electrons. The maximum atomic E-state index is 13.9. The molecule has 0 spiro atoms. The average Bonchev–Trinajstić information content (AvgIpc) is 2.39. The molecule has 18 heavy (non-hydrogen) atoms. The van der Waals surface area contributed by atoms with E-state index in [0.29, 0.717) is 22.9 Å². The van der Waals surface area contributed by atoms with E-state index in [9.17, 15) is 4.39 Å². The van der Waals surface area contributed by atoms with E-state index in [1.165, 1.54) is 13.2 Å². The molecule has 0 amide bonds. The zero-order chi connectivity index (χ0) is 13.1. The van der Waals surface area contributed by atoms with Crippen molar-refractivity contribution in [1.82, 2.24) is 0 Å². The Morgan fingerprint density at radius 2 is 2.00 bits per heavy atom. The molecule has 2 rings (SSSR count). The molecule has 0 unspecified atom stereocenters. The van der Waals surface area contributed by atoms with E-state index in [4.69, 9.17) is 22.1 Å². The number of ether oxygens (including phenoxy) is 1. The van der Waals surface area contributed by atoms with Gasteiger partial charge in [-0.1, -0.05) is 29.8 Å². The predicted molar refractivity (Wildman–Crippen MR) is 71.3 cm³/mol. The van der Waals surface area contributed by atoms with Crippen molar-refractivity contribution in [3.8, 4) is 16.9 Å². The lowest BCUT2D eigenvalue weighted by atomic mass is 10.0. The van der Waals surface area contributed by atoms with Gasteiger partial charge in [0.05, 0.1) is 12.1 Å². The first kappa shape index (κ1) is 12.9. The minimum Gasteiger partial charge on any atom is -0.495 e. The Hall–Kier alpha value is -1.58. The summed E-state index contributed by atoms with van der Waals surface area (Å²) in [7, 11) is 1.53. The highest BCUT2D eigenvalue weighted by molar-refractivity contribution is 6.32. The largest absolute Gasteiger partial charge is 0.495 e. The second kappa shape index (κ2) is 5.38. The molecule has 0 aliphatic rings. The number of nitrogens with two attached hydrogens (primary N) is 1. The number of rotatable bonds is 3. The lowest BCUT2D eigenvalue weighted by Crippen LogP contribution is -1.97. The Bertz CT molecular complexity index is 572. The Morgan fingerprint density at radius 3 is 2.61 bits per heavy atom. The Morgan fingerprint density at radius 1 is 1.22 bits per heavy atom. The molecular weight excluding hydrogens is 253 g/mol. The lowest BCUT2D eigenvalue weighted by molar-refractivity contribution is 0.415. The molecule has 0 saturated heterocycles. The molecule has 0 radical (unpaired) electrons. The second-order valence-electron chi connectivity index (χ2n) is 3.87. The summed E-state index contributed by atoms with van der Waals surface area (Å²) in [5, 5.41) is 0.500. The van der Waals surface area contributed by atoms with Crippen molar-refractivity contribution >= 4 is 11.6 Å². The van der Waals surface area contributed by atoms with E-state index >= 15 is 0 Å². The van der Waals surface area contributed by atoms with Gasteiger partial charge in [0.1, 0.15) is 11.6 Å². The monoisotopic (exact) mass is 265 g/mol. The summed E-state index contributed by atoms with van der Waals surface area (Å²) in [4.78, 5) is 0. The fourth-order valence-corrected chi connectivity index (χ4v) is 1.94. The van der Waals surface area contributed by atoms with Crippen molar-refractivity contribution in [3.05, 3.63) is 52.8 Å². The fourth-order valence-electron chi connectivity index (χ4n) is 1.75. The smallest absolute Gasteiger partial charge is 0.138 e. The second-order valence-corrected chi connectivity index (χ2v) is 4.27. The van der Waals surface area contributed by atoms with Gasteiger partial charge >= 0.3 is 0 Å². The van der Waals surface area contributed by atoms with Crippen LogP contribution >= 0.6 is 11.6 Å². The quantitative estimate of drug-likeness (QED) is 0.920. The zero-order valence-corrected chi connectivity index (χ0v) is 10.7. The van der Waals surface area contributed by atoms with Crippen LogP contribution in [0.1, 0.15) is 5.56 Å².